The highest BCUT2D eigenvalue weighted by molar-refractivity contribution is 4.69. The fraction of sp³-hybridized carbons (Fsp3) is 1.00. The normalized spacial score (nSPS) is 26.5. The summed E-state index contributed by atoms with van der Waals surface area (Å²) in [4.78, 5) is 0. The molecule has 4 nitrogen and oxygen atoms in total. The van der Waals surface area contributed by atoms with Crippen molar-refractivity contribution in [3.8, 4) is 0 Å². The molecule has 0 radical (unpaired) electrons. The van der Waals surface area contributed by atoms with Crippen LogP contribution >= 0.6 is 0 Å². The summed E-state index contributed by atoms with van der Waals surface area (Å²) in [5.74, 6) is -0.449. The van der Waals surface area contributed by atoms with Crippen molar-refractivity contribution < 1.29 is 18.9 Å². The maximum atomic E-state index is 5.54. The second kappa shape index (κ2) is 4.91. The van der Waals surface area contributed by atoms with Gasteiger partial charge in [-0.2, -0.15) is 0 Å². The van der Waals surface area contributed by atoms with Crippen LogP contribution in [0.5, 0.6) is 0 Å². The van der Waals surface area contributed by atoms with E-state index in [2.05, 4.69) is 0 Å². The molecule has 1 saturated heterocycles. The van der Waals surface area contributed by atoms with Crippen molar-refractivity contribution in [2.24, 2.45) is 0 Å². The molecule has 4 heteroatoms. The second-order valence-corrected chi connectivity index (χ2v) is 3.52. The third-order valence-corrected chi connectivity index (χ3v) is 1.80. The number of methoxy groups -OCH3 is 1. The Hall–Kier alpha value is -0.160. The Kier molecular flexibility index (Phi) is 4.12. The lowest BCUT2D eigenvalue weighted by molar-refractivity contribution is -0.145. The lowest BCUT2D eigenvalue weighted by Crippen LogP contribution is -2.24. The average Bonchev–Trinajstić information content (AvgIpc) is 2.40. The van der Waals surface area contributed by atoms with Crippen molar-refractivity contribution in [2.75, 3.05) is 33.5 Å². The van der Waals surface area contributed by atoms with E-state index in [1.54, 1.807) is 7.11 Å². The van der Waals surface area contributed by atoms with Gasteiger partial charge in [-0.15, -0.1) is 0 Å². The molecule has 0 saturated carbocycles. The number of hydrogen-bond donors (Lipinski definition) is 0. The van der Waals surface area contributed by atoms with Gasteiger partial charge in [-0.3, -0.25) is 0 Å². The highest BCUT2D eigenvalue weighted by atomic mass is 16.7. The molecular weight excluding hydrogens is 172 g/mol. The van der Waals surface area contributed by atoms with E-state index in [1.807, 2.05) is 13.8 Å². The highest BCUT2D eigenvalue weighted by Gasteiger charge is 2.32. The van der Waals surface area contributed by atoms with Gasteiger partial charge in [0.2, 0.25) is 0 Å². The lowest BCUT2D eigenvalue weighted by atomic mass is 10.4. The first-order valence-corrected chi connectivity index (χ1v) is 4.52. The van der Waals surface area contributed by atoms with Crippen LogP contribution in [-0.2, 0) is 18.9 Å². The Morgan fingerprint density at radius 1 is 1.38 bits per heavy atom. The summed E-state index contributed by atoms with van der Waals surface area (Å²) < 4.78 is 21.1. The molecule has 1 atom stereocenters. The van der Waals surface area contributed by atoms with Gasteiger partial charge in [-0.25, -0.2) is 0 Å². The molecule has 0 spiro atoms. The first-order valence-electron chi connectivity index (χ1n) is 4.52. The van der Waals surface area contributed by atoms with Gasteiger partial charge in [-0.05, 0) is 13.8 Å². The Morgan fingerprint density at radius 3 is 2.69 bits per heavy atom. The monoisotopic (exact) mass is 190 g/mol. The van der Waals surface area contributed by atoms with Crippen LogP contribution in [0.4, 0.5) is 0 Å². The van der Waals surface area contributed by atoms with E-state index < -0.39 is 5.79 Å². The standard InChI is InChI=1S/C9H18O4/c1-9(2)12-7-8(13-9)6-11-5-4-10-3/h8H,4-7H2,1-3H3/t8-/m0/s1. The maximum Gasteiger partial charge on any atom is 0.163 e. The Bertz CT molecular complexity index is 147. The van der Waals surface area contributed by atoms with Crippen LogP contribution in [0.2, 0.25) is 0 Å². The average molecular weight is 190 g/mol. The summed E-state index contributed by atoms with van der Waals surface area (Å²) in [5, 5.41) is 0. The smallest absolute Gasteiger partial charge is 0.163 e. The van der Waals surface area contributed by atoms with Crippen LogP contribution in [0.1, 0.15) is 13.8 Å². The van der Waals surface area contributed by atoms with E-state index in [0.29, 0.717) is 26.4 Å². The van der Waals surface area contributed by atoms with Crippen LogP contribution < -0.4 is 0 Å². The number of rotatable bonds is 5. The van der Waals surface area contributed by atoms with E-state index in [0.717, 1.165) is 0 Å². The van der Waals surface area contributed by atoms with Crippen LogP contribution in [0, 0.1) is 0 Å². The molecule has 1 fully saturated rings. The maximum absolute atomic E-state index is 5.54. The predicted octanol–water partition coefficient (Wildman–Crippen LogP) is 0.801. The summed E-state index contributed by atoms with van der Waals surface area (Å²) >= 11 is 0. The largest absolute Gasteiger partial charge is 0.382 e. The van der Waals surface area contributed by atoms with Crippen LogP contribution in [-0.4, -0.2) is 45.4 Å². The fourth-order valence-corrected chi connectivity index (χ4v) is 1.20. The molecular formula is C9H18O4. The van der Waals surface area contributed by atoms with Gasteiger partial charge in [-0.1, -0.05) is 0 Å². The van der Waals surface area contributed by atoms with Gasteiger partial charge in [0, 0.05) is 7.11 Å². The van der Waals surface area contributed by atoms with Gasteiger partial charge in [0.25, 0.3) is 0 Å². The van der Waals surface area contributed by atoms with Gasteiger partial charge < -0.3 is 18.9 Å². The summed E-state index contributed by atoms with van der Waals surface area (Å²) in [7, 11) is 1.65. The van der Waals surface area contributed by atoms with Crippen molar-refractivity contribution >= 4 is 0 Å². The fourth-order valence-electron chi connectivity index (χ4n) is 1.20. The van der Waals surface area contributed by atoms with Crippen molar-refractivity contribution in [3.63, 3.8) is 0 Å². The van der Waals surface area contributed by atoms with Gasteiger partial charge in [0.1, 0.15) is 6.10 Å². The van der Waals surface area contributed by atoms with Gasteiger partial charge in [0.15, 0.2) is 5.79 Å². The molecule has 0 aromatic heterocycles. The molecule has 0 amide bonds. The minimum absolute atomic E-state index is 0.0619. The van der Waals surface area contributed by atoms with E-state index in [1.165, 1.54) is 0 Å². The third kappa shape index (κ3) is 4.04. The molecule has 0 N–H and O–H groups in total. The molecule has 1 rings (SSSR count). The summed E-state index contributed by atoms with van der Waals surface area (Å²) in [6, 6.07) is 0. The highest BCUT2D eigenvalue weighted by Crippen LogP contribution is 2.22. The molecule has 78 valence electrons. The van der Waals surface area contributed by atoms with Crippen molar-refractivity contribution in [1.82, 2.24) is 0 Å². The summed E-state index contributed by atoms with van der Waals surface area (Å²) in [6.07, 6.45) is 0.0619. The zero-order valence-electron chi connectivity index (χ0n) is 8.54. The van der Waals surface area contributed by atoms with Crippen LogP contribution in [0.25, 0.3) is 0 Å². The molecule has 0 bridgehead atoms. The Morgan fingerprint density at radius 2 is 2.15 bits per heavy atom. The van der Waals surface area contributed by atoms with E-state index in [9.17, 15) is 0 Å². The van der Waals surface area contributed by atoms with E-state index >= 15 is 0 Å². The first kappa shape index (κ1) is 10.9. The van der Waals surface area contributed by atoms with E-state index in [-0.39, 0.29) is 6.10 Å². The van der Waals surface area contributed by atoms with Gasteiger partial charge >= 0.3 is 0 Å². The van der Waals surface area contributed by atoms with E-state index in [4.69, 9.17) is 18.9 Å². The predicted molar refractivity (Wildman–Crippen MR) is 47.6 cm³/mol. The minimum atomic E-state index is -0.449. The third-order valence-electron chi connectivity index (χ3n) is 1.80. The summed E-state index contributed by atoms with van der Waals surface area (Å²) in [5.41, 5.74) is 0. The SMILES string of the molecule is COCCOC[C@H]1COC(C)(C)O1. The van der Waals surface area contributed by atoms with Crippen LogP contribution in [0.15, 0.2) is 0 Å². The Labute approximate surface area is 79.1 Å². The molecule has 1 aliphatic heterocycles. The minimum Gasteiger partial charge on any atom is -0.382 e. The topological polar surface area (TPSA) is 36.9 Å². The molecule has 13 heavy (non-hydrogen) atoms. The molecule has 0 aromatic rings. The zero-order chi connectivity index (χ0) is 9.73. The molecule has 0 aromatic carbocycles. The molecule has 0 unspecified atom stereocenters. The van der Waals surface area contributed by atoms with Gasteiger partial charge in [0.05, 0.1) is 26.4 Å². The lowest BCUT2D eigenvalue weighted by Gasteiger charge is -2.16. The quantitative estimate of drug-likeness (QED) is 0.601. The number of ether oxygens (including phenoxy) is 4. The first-order chi connectivity index (χ1) is 6.14. The molecule has 0 aliphatic carbocycles. The molecule has 1 aliphatic rings. The van der Waals surface area contributed by atoms with Crippen LogP contribution in [0.3, 0.4) is 0 Å². The second-order valence-electron chi connectivity index (χ2n) is 3.52. The van der Waals surface area contributed by atoms with Crippen molar-refractivity contribution in [1.29, 1.82) is 0 Å². The molecule has 1 heterocycles. The zero-order valence-corrected chi connectivity index (χ0v) is 8.54. The van der Waals surface area contributed by atoms with Crippen molar-refractivity contribution in [2.45, 2.75) is 25.7 Å². The summed E-state index contributed by atoms with van der Waals surface area (Å²) in [6.45, 7) is 6.23. The number of hydrogen-bond acceptors (Lipinski definition) is 4. The Balaban J connectivity index is 2.04. The van der Waals surface area contributed by atoms with Crippen molar-refractivity contribution in [3.05, 3.63) is 0 Å².